The van der Waals surface area contributed by atoms with Crippen molar-refractivity contribution >= 4 is 12.0 Å². The van der Waals surface area contributed by atoms with Gasteiger partial charge in [-0.05, 0) is 25.0 Å². The van der Waals surface area contributed by atoms with Crippen LogP contribution >= 0.6 is 0 Å². The van der Waals surface area contributed by atoms with Crippen molar-refractivity contribution in [3.05, 3.63) is 24.5 Å². The van der Waals surface area contributed by atoms with E-state index < -0.39 is 12.1 Å². The van der Waals surface area contributed by atoms with Crippen LogP contribution in [0.5, 0.6) is 5.75 Å². The maximum atomic E-state index is 12.3. The molecule has 0 unspecified atom stereocenters. The number of likely N-dealkylation sites (tertiary alicyclic amines) is 1. The summed E-state index contributed by atoms with van der Waals surface area (Å²) in [5, 5.41) is 7.12. The molecule has 0 radical (unpaired) electrons. The minimum atomic E-state index is -5.08. The highest BCUT2D eigenvalue weighted by atomic mass is 19.4. The van der Waals surface area contributed by atoms with Gasteiger partial charge in [-0.25, -0.2) is 9.59 Å². The second-order valence-electron chi connectivity index (χ2n) is 7.14. The molecule has 0 saturated carbocycles. The third kappa shape index (κ3) is 5.96. The Morgan fingerprint density at radius 1 is 1.45 bits per heavy atom. The number of hydrogen-bond acceptors (Lipinski definition) is 5. The van der Waals surface area contributed by atoms with Crippen molar-refractivity contribution in [2.45, 2.75) is 25.1 Å². The average Bonchev–Trinajstić information content (AvgIpc) is 3.09. The van der Waals surface area contributed by atoms with Gasteiger partial charge in [-0.15, -0.1) is 0 Å². The van der Waals surface area contributed by atoms with Crippen LogP contribution in [0.3, 0.4) is 0 Å². The largest absolute Gasteiger partial charge is 0.491 e. The Morgan fingerprint density at radius 3 is 2.69 bits per heavy atom. The van der Waals surface area contributed by atoms with Gasteiger partial charge in [0.15, 0.2) is 0 Å². The molecule has 11 heteroatoms. The Labute approximate surface area is 166 Å². The number of hydrogen-bond donors (Lipinski definition) is 1. The van der Waals surface area contributed by atoms with E-state index >= 15 is 0 Å². The first-order chi connectivity index (χ1) is 13.5. The monoisotopic (exact) mass is 419 g/mol. The number of carboxylic acid groups (broad SMARTS) is 1. The van der Waals surface area contributed by atoms with E-state index in [0.717, 1.165) is 31.7 Å². The van der Waals surface area contributed by atoms with Gasteiger partial charge in [-0.3, -0.25) is 4.98 Å². The second kappa shape index (κ2) is 9.29. The smallest absolute Gasteiger partial charge is 0.490 e. The van der Waals surface area contributed by atoms with Gasteiger partial charge in [0, 0.05) is 40.0 Å². The second-order valence-corrected chi connectivity index (χ2v) is 7.14. The number of piperidine rings is 1. The van der Waals surface area contributed by atoms with Crippen LogP contribution in [0, 0.1) is 5.41 Å². The minimum Gasteiger partial charge on any atom is -0.491 e. The summed E-state index contributed by atoms with van der Waals surface area (Å²) in [6.07, 6.45) is 0.332. The predicted molar refractivity (Wildman–Crippen MR) is 95.5 cm³/mol. The summed E-state index contributed by atoms with van der Waals surface area (Å²) in [5.74, 6) is -1.99. The molecule has 2 fully saturated rings. The normalized spacial score (nSPS) is 23.5. The summed E-state index contributed by atoms with van der Waals surface area (Å²) in [6.45, 7) is 2.73. The molecule has 2 saturated heterocycles. The lowest BCUT2D eigenvalue weighted by Gasteiger charge is -2.43. The zero-order valence-electron chi connectivity index (χ0n) is 16.2. The molecular formula is C18H24F3N3O5. The molecule has 3 heterocycles. The van der Waals surface area contributed by atoms with E-state index in [0.29, 0.717) is 13.2 Å². The Bertz CT molecular complexity index is 702. The number of amides is 2. The number of pyridine rings is 1. The average molecular weight is 419 g/mol. The SMILES string of the molecule is CN(C)C(=O)N1CC[C@H]2OCC[C@@]2(COc2cccnc2)C1.O=C(O)C(F)(F)F. The number of alkyl halides is 3. The topological polar surface area (TPSA) is 92.2 Å². The Hall–Kier alpha value is -2.56. The lowest BCUT2D eigenvalue weighted by molar-refractivity contribution is -0.192. The van der Waals surface area contributed by atoms with Crippen LogP contribution < -0.4 is 4.74 Å². The number of carbonyl (C=O) groups is 2. The molecule has 2 amide bonds. The fraction of sp³-hybridized carbons (Fsp3) is 0.611. The van der Waals surface area contributed by atoms with E-state index in [1.807, 2.05) is 17.0 Å². The fourth-order valence-corrected chi connectivity index (χ4v) is 3.36. The van der Waals surface area contributed by atoms with Gasteiger partial charge in [0.05, 0.1) is 24.3 Å². The van der Waals surface area contributed by atoms with E-state index in [1.165, 1.54) is 0 Å². The highest BCUT2D eigenvalue weighted by Gasteiger charge is 2.49. The van der Waals surface area contributed by atoms with Crippen LogP contribution in [-0.4, -0.2) is 84.6 Å². The zero-order valence-corrected chi connectivity index (χ0v) is 16.2. The first-order valence-corrected chi connectivity index (χ1v) is 8.96. The quantitative estimate of drug-likeness (QED) is 0.808. The maximum absolute atomic E-state index is 12.3. The third-order valence-electron chi connectivity index (χ3n) is 4.83. The van der Waals surface area contributed by atoms with E-state index in [9.17, 15) is 18.0 Å². The molecule has 3 rings (SSSR count). The Balaban J connectivity index is 0.000000370. The minimum absolute atomic E-state index is 0.0612. The van der Waals surface area contributed by atoms with Crippen LogP contribution in [0.1, 0.15) is 12.8 Å². The number of aliphatic carboxylic acids is 1. The number of halogens is 3. The summed E-state index contributed by atoms with van der Waals surface area (Å²) < 4.78 is 43.6. The van der Waals surface area contributed by atoms with Gasteiger partial charge in [0.25, 0.3) is 0 Å². The number of rotatable bonds is 3. The van der Waals surface area contributed by atoms with Crippen molar-refractivity contribution in [1.82, 2.24) is 14.8 Å². The molecule has 8 nitrogen and oxygen atoms in total. The van der Waals surface area contributed by atoms with Crippen molar-refractivity contribution < 1.29 is 37.3 Å². The maximum Gasteiger partial charge on any atom is 0.490 e. The standard InChI is InChI=1S/C16H23N3O3.C2HF3O2/c1-18(2)15(20)19-8-5-14-16(11-19,6-9-21-14)12-22-13-4-3-7-17-10-13;3-2(4,5)1(6)7/h3-4,7,10,14H,5-6,8-9,11-12H2,1-2H3;(H,6,7)/t14-,16+;/m1./s1. The number of urea groups is 1. The zero-order chi connectivity index (χ0) is 21.7. The van der Waals surface area contributed by atoms with E-state index in [2.05, 4.69) is 4.98 Å². The molecule has 29 heavy (non-hydrogen) atoms. The lowest BCUT2D eigenvalue weighted by Crippen LogP contribution is -2.55. The Morgan fingerprint density at radius 2 is 2.14 bits per heavy atom. The van der Waals surface area contributed by atoms with Crippen LogP contribution in [0.4, 0.5) is 18.0 Å². The number of ether oxygens (including phenoxy) is 2. The van der Waals surface area contributed by atoms with Crippen molar-refractivity contribution in [1.29, 1.82) is 0 Å². The van der Waals surface area contributed by atoms with Crippen LogP contribution in [0.2, 0.25) is 0 Å². The number of nitrogens with zero attached hydrogens (tertiary/aromatic N) is 3. The predicted octanol–water partition coefficient (Wildman–Crippen LogP) is 2.26. The van der Waals surface area contributed by atoms with Gasteiger partial charge < -0.3 is 24.4 Å². The molecule has 0 aromatic carbocycles. The molecule has 0 bridgehead atoms. The Kier molecular flexibility index (Phi) is 7.28. The van der Waals surface area contributed by atoms with Crippen molar-refractivity contribution in [2.24, 2.45) is 5.41 Å². The fourth-order valence-electron chi connectivity index (χ4n) is 3.36. The molecule has 2 aliphatic heterocycles. The summed E-state index contributed by atoms with van der Waals surface area (Å²) in [4.78, 5) is 28.8. The van der Waals surface area contributed by atoms with Crippen LogP contribution in [-0.2, 0) is 9.53 Å². The van der Waals surface area contributed by atoms with E-state index in [4.69, 9.17) is 19.4 Å². The van der Waals surface area contributed by atoms with Crippen molar-refractivity contribution in [2.75, 3.05) is 40.4 Å². The number of carboxylic acids is 1. The van der Waals surface area contributed by atoms with E-state index in [1.54, 1.807) is 31.4 Å². The summed E-state index contributed by atoms with van der Waals surface area (Å²) in [5.41, 5.74) is -0.111. The van der Waals surface area contributed by atoms with Gasteiger partial charge in [0.2, 0.25) is 0 Å². The number of fused-ring (bicyclic) bond motifs is 1. The summed E-state index contributed by atoms with van der Waals surface area (Å²) in [6, 6.07) is 3.82. The molecule has 1 aromatic heterocycles. The van der Waals surface area contributed by atoms with Gasteiger partial charge in [-0.1, -0.05) is 0 Å². The molecular weight excluding hydrogens is 395 g/mol. The van der Waals surface area contributed by atoms with Crippen LogP contribution in [0.25, 0.3) is 0 Å². The summed E-state index contributed by atoms with van der Waals surface area (Å²) >= 11 is 0. The molecule has 1 aromatic rings. The number of carbonyl (C=O) groups excluding carboxylic acids is 1. The first-order valence-electron chi connectivity index (χ1n) is 8.96. The van der Waals surface area contributed by atoms with Crippen molar-refractivity contribution in [3.8, 4) is 5.75 Å². The van der Waals surface area contributed by atoms with Crippen molar-refractivity contribution in [3.63, 3.8) is 0 Å². The van der Waals surface area contributed by atoms with E-state index in [-0.39, 0.29) is 17.6 Å². The molecule has 2 atom stereocenters. The molecule has 0 aliphatic carbocycles. The number of aromatic nitrogens is 1. The third-order valence-corrected chi connectivity index (χ3v) is 4.83. The highest BCUT2D eigenvalue weighted by molar-refractivity contribution is 5.74. The highest BCUT2D eigenvalue weighted by Crippen LogP contribution is 2.41. The lowest BCUT2D eigenvalue weighted by atomic mass is 9.77. The molecule has 0 spiro atoms. The molecule has 1 N–H and O–H groups in total. The van der Waals surface area contributed by atoms with Crippen LogP contribution in [0.15, 0.2) is 24.5 Å². The first kappa shape index (κ1) is 22.7. The van der Waals surface area contributed by atoms with Gasteiger partial charge in [-0.2, -0.15) is 13.2 Å². The molecule has 2 aliphatic rings. The molecule has 162 valence electrons. The van der Waals surface area contributed by atoms with Gasteiger partial charge >= 0.3 is 18.2 Å². The van der Waals surface area contributed by atoms with Gasteiger partial charge in [0.1, 0.15) is 5.75 Å². The summed E-state index contributed by atoms with van der Waals surface area (Å²) in [7, 11) is 3.58.